The Hall–Kier alpha value is -2.70. The fourth-order valence-electron chi connectivity index (χ4n) is 1.95. The van der Waals surface area contributed by atoms with Gasteiger partial charge in [-0.25, -0.2) is 4.39 Å². The lowest BCUT2D eigenvalue weighted by molar-refractivity contribution is -0.137. The minimum absolute atomic E-state index is 0.0508. The second-order valence-corrected chi connectivity index (χ2v) is 4.48. The van der Waals surface area contributed by atoms with Gasteiger partial charge in [0.1, 0.15) is 12.1 Å². The zero-order valence-corrected chi connectivity index (χ0v) is 11.0. The Balaban J connectivity index is 2.07. The molecule has 0 fully saturated rings. The quantitative estimate of drug-likeness (QED) is 0.852. The molecule has 0 saturated heterocycles. The molecule has 1 aromatic carbocycles. The lowest BCUT2D eigenvalue weighted by Gasteiger charge is -2.14. The fourth-order valence-corrected chi connectivity index (χ4v) is 1.95. The molecule has 21 heavy (non-hydrogen) atoms. The van der Waals surface area contributed by atoms with Crippen molar-refractivity contribution in [2.24, 2.45) is 0 Å². The van der Waals surface area contributed by atoms with Crippen LogP contribution in [0, 0.1) is 5.82 Å². The fraction of sp³-hybridized carbons (Fsp3) is 0.214. The Kier molecular flexibility index (Phi) is 4.65. The van der Waals surface area contributed by atoms with Crippen molar-refractivity contribution in [3.63, 3.8) is 0 Å². The van der Waals surface area contributed by atoms with E-state index < -0.39 is 17.7 Å². The Labute approximate surface area is 119 Å². The van der Waals surface area contributed by atoms with E-state index >= 15 is 0 Å². The van der Waals surface area contributed by atoms with E-state index in [1.165, 1.54) is 36.6 Å². The molecule has 0 radical (unpaired) electrons. The maximum atomic E-state index is 12.9. The first-order valence-electron chi connectivity index (χ1n) is 6.22. The first-order chi connectivity index (χ1) is 10.0. The normalized spacial score (nSPS) is 11.9. The number of carboxylic acids is 1. The third-order valence-electron chi connectivity index (χ3n) is 2.90. The lowest BCUT2D eigenvalue weighted by atomic mass is 9.92. The lowest BCUT2D eigenvalue weighted by Crippen LogP contribution is -2.18. The molecule has 1 atom stereocenters. The summed E-state index contributed by atoms with van der Waals surface area (Å²) in [5, 5.41) is 15.0. The van der Waals surface area contributed by atoms with Gasteiger partial charge in [0.2, 0.25) is 5.91 Å². The summed E-state index contributed by atoms with van der Waals surface area (Å²) >= 11 is 0. The number of benzene rings is 1. The van der Waals surface area contributed by atoms with Crippen molar-refractivity contribution in [2.45, 2.75) is 18.8 Å². The van der Waals surface area contributed by atoms with Gasteiger partial charge in [-0.15, -0.1) is 0 Å². The summed E-state index contributed by atoms with van der Waals surface area (Å²) in [7, 11) is 0. The van der Waals surface area contributed by atoms with Crippen LogP contribution in [-0.2, 0) is 9.59 Å². The van der Waals surface area contributed by atoms with Crippen molar-refractivity contribution in [1.29, 1.82) is 0 Å². The molecule has 0 aliphatic carbocycles. The molecule has 0 aliphatic heterocycles. The van der Waals surface area contributed by atoms with Gasteiger partial charge in [-0.1, -0.05) is 17.3 Å². The second kappa shape index (κ2) is 6.65. The molecule has 0 spiro atoms. The Morgan fingerprint density at radius 1 is 1.24 bits per heavy atom. The molecule has 0 bridgehead atoms. The molecular weight excluding hydrogens is 279 g/mol. The number of hydrogen-bond acceptors (Lipinski definition) is 4. The average molecular weight is 292 g/mol. The van der Waals surface area contributed by atoms with Crippen molar-refractivity contribution in [2.75, 3.05) is 5.32 Å². The van der Waals surface area contributed by atoms with Crippen LogP contribution in [0.3, 0.4) is 0 Å². The number of hydrogen-bond donors (Lipinski definition) is 2. The predicted molar refractivity (Wildman–Crippen MR) is 71.1 cm³/mol. The summed E-state index contributed by atoms with van der Waals surface area (Å²) in [6, 6.07) is 6.90. The number of amides is 1. The molecule has 110 valence electrons. The Morgan fingerprint density at radius 3 is 2.52 bits per heavy atom. The number of carboxylic acid groups (broad SMARTS) is 1. The van der Waals surface area contributed by atoms with Crippen LogP contribution < -0.4 is 5.32 Å². The molecule has 2 N–H and O–H groups in total. The molecule has 1 amide bonds. The minimum Gasteiger partial charge on any atom is -0.481 e. The zero-order valence-electron chi connectivity index (χ0n) is 11.0. The summed E-state index contributed by atoms with van der Waals surface area (Å²) in [6.07, 6.45) is 1.03. The third-order valence-corrected chi connectivity index (χ3v) is 2.90. The van der Waals surface area contributed by atoms with Crippen molar-refractivity contribution >= 4 is 17.7 Å². The minimum atomic E-state index is -1.03. The summed E-state index contributed by atoms with van der Waals surface area (Å²) < 4.78 is 17.5. The van der Waals surface area contributed by atoms with Crippen LogP contribution in [0.25, 0.3) is 0 Å². The van der Waals surface area contributed by atoms with Gasteiger partial charge in [-0.05, 0) is 17.7 Å². The summed E-state index contributed by atoms with van der Waals surface area (Å²) in [4.78, 5) is 22.8. The van der Waals surface area contributed by atoms with Gasteiger partial charge in [-0.2, -0.15) is 0 Å². The molecule has 2 rings (SSSR count). The number of aromatic nitrogens is 1. The highest BCUT2D eigenvalue weighted by Crippen LogP contribution is 2.24. The number of carbonyl (C=O) groups excluding carboxylic acids is 1. The number of aliphatic carboxylic acids is 1. The van der Waals surface area contributed by atoms with E-state index in [9.17, 15) is 14.0 Å². The van der Waals surface area contributed by atoms with Crippen LogP contribution in [0.5, 0.6) is 0 Å². The van der Waals surface area contributed by atoms with Crippen LogP contribution in [0.15, 0.2) is 41.1 Å². The van der Waals surface area contributed by atoms with E-state index in [-0.39, 0.29) is 24.6 Å². The predicted octanol–water partition coefficient (Wildman–Crippen LogP) is 2.40. The summed E-state index contributed by atoms with van der Waals surface area (Å²) in [5.41, 5.74) is 0.592. The van der Waals surface area contributed by atoms with Crippen molar-refractivity contribution < 1.29 is 23.6 Å². The molecule has 7 heteroatoms. The average Bonchev–Trinajstić information content (AvgIpc) is 2.91. The van der Waals surface area contributed by atoms with Gasteiger partial charge >= 0.3 is 5.97 Å². The SMILES string of the molecule is O=C(O)C[C@H](CC(=O)Nc1ccon1)c1ccc(F)cc1. The molecule has 2 aromatic rings. The number of anilines is 1. The van der Waals surface area contributed by atoms with Gasteiger partial charge in [0, 0.05) is 18.4 Å². The van der Waals surface area contributed by atoms with Crippen molar-refractivity contribution in [3.05, 3.63) is 48.0 Å². The number of rotatable bonds is 6. The highest BCUT2D eigenvalue weighted by molar-refractivity contribution is 5.90. The maximum absolute atomic E-state index is 12.9. The van der Waals surface area contributed by atoms with Crippen molar-refractivity contribution in [1.82, 2.24) is 5.16 Å². The summed E-state index contributed by atoms with van der Waals surface area (Å²) in [5.74, 6) is -2.12. The third kappa shape index (κ3) is 4.41. The highest BCUT2D eigenvalue weighted by Gasteiger charge is 2.20. The van der Waals surface area contributed by atoms with Crippen LogP contribution in [0.2, 0.25) is 0 Å². The Bertz CT molecular complexity index is 610. The van der Waals surface area contributed by atoms with Crippen LogP contribution in [0.1, 0.15) is 24.3 Å². The van der Waals surface area contributed by atoms with E-state index in [0.29, 0.717) is 5.56 Å². The number of nitrogens with zero attached hydrogens (tertiary/aromatic N) is 1. The molecule has 0 unspecified atom stereocenters. The van der Waals surface area contributed by atoms with Gasteiger partial charge in [0.25, 0.3) is 0 Å². The number of halogens is 1. The van der Waals surface area contributed by atoms with E-state index in [2.05, 4.69) is 15.0 Å². The van der Waals surface area contributed by atoms with E-state index in [4.69, 9.17) is 5.11 Å². The van der Waals surface area contributed by atoms with Crippen molar-refractivity contribution in [3.8, 4) is 0 Å². The van der Waals surface area contributed by atoms with Gasteiger partial charge in [0.05, 0.1) is 6.42 Å². The molecule has 0 saturated carbocycles. The first kappa shape index (κ1) is 14.7. The largest absolute Gasteiger partial charge is 0.481 e. The van der Waals surface area contributed by atoms with Gasteiger partial charge < -0.3 is 14.9 Å². The topological polar surface area (TPSA) is 92.4 Å². The molecule has 1 aromatic heterocycles. The van der Waals surface area contributed by atoms with Crippen LogP contribution in [0.4, 0.5) is 10.2 Å². The van der Waals surface area contributed by atoms with Crippen LogP contribution in [-0.4, -0.2) is 22.1 Å². The van der Waals surface area contributed by atoms with E-state index in [0.717, 1.165) is 0 Å². The number of nitrogens with one attached hydrogen (secondary N) is 1. The standard InChI is InChI=1S/C14H13FN2O4/c15-11-3-1-9(2-4-11)10(8-14(19)20)7-13(18)16-12-5-6-21-17-12/h1-6,10H,7-8H2,(H,19,20)(H,16,17,18)/t10-/m0/s1. The molecule has 0 aliphatic rings. The van der Waals surface area contributed by atoms with Gasteiger partial charge in [-0.3, -0.25) is 9.59 Å². The van der Waals surface area contributed by atoms with Crippen LogP contribution >= 0.6 is 0 Å². The molecular formula is C14H13FN2O4. The summed E-state index contributed by atoms with van der Waals surface area (Å²) in [6.45, 7) is 0. The first-order valence-corrected chi connectivity index (χ1v) is 6.22. The monoisotopic (exact) mass is 292 g/mol. The molecule has 6 nitrogen and oxygen atoms in total. The number of carbonyl (C=O) groups is 2. The highest BCUT2D eigenvalue weighted by atomic mass is 19.1. The van der Waals surface area contributed by atoms with E-state index in [1.807, 2.05) is 0 Å². The molecule has 1 heterocycles. The second-order valence-electron chi connectivity index (χ2n) is 4.48. The zero-order chi connectivity index (χ0) is 15.2. The van der Waals surface area contributed by atoms with E-state index in [1.54, 1.807) is 0 Å². The maximum Gasteiger partial charge on any atom is 0.303 e. The van der Waals surface area contributed by atoms with Gasteiger partial charge in [0.15, 0.2) is 5.82 Å². The Morgan fingerprint density at radius 2 is 1.95 bits per heavy atom. The smallest absolute Gasteiger partial charge is 0.303 e.